The van der Waals surface area contributed by atoms with Gasteiger partial charge in [0, 0.05) is 6.54 Å². The van der Waals surface area contributed by atoms with Crippen molar-refractivity contribution in [3.63, 3.8) is 0 Å². The highest BCUT2D eigenvalue weighted by Crippen LogP contribution is 2.30. The second kappa shape index (κ2) is 6.42. The van der Waals surface area contributed by atoms with Crippen molar-refractivity contribution in [2.24, 2.45) is 11.8 Å². The summed E-state index contributed by atoms with van der Waals surface area (Å²) in [5.74, 6) is -1.82. The lowest BCUT2D eigenvalue weighted by Gasteiger charge is -2.27. The van der Waals surface area contributed by atoms with E-state index in [2.05, 4.69) is 5.32 Å². The SMILES string of the molecule is CC(C)=CCNC(=O)C1CCCCC1C(=O)O. The molecule has 1 amide bonds. The van der Waals surface area contributed by atoms with E-state index in [0.717, 1.165) is 18.4 Å². The number of amides is 1. The number of carboxylic acid groups (broad SMARTS) is 1. The van der Waals surface area contributed by atoms with E-state index in [4.69, 9.17) is 5.11 Å². The summed E-state index contributed by atoms with van der Waals surface area (Å²) >= 11 is 0. The Labute approximate surface area is 102 Å². The van der Waals surface area contributed by atoms with Gasteiger partial charge in [-0.1, -0.05) is 24.5 Å². The molecule has 1 rings (SSSR count). The molecule has 0 spiro atoms. The average molecular weight is 239 g/mol. The van der Waals surface area contributed by atoms with Crippen molar-refractivity contribution in [3.8, 4) is 0 Å². The molecule has 0 aromatic rings. The predicted molar refractivity (Wildman–Crippen MR) is 65.5 cm³/mol. The maximum absolute atomic E-state index is 11.9. The van der Waals surface area contributed by atoms with Gasteiger partial charge in [0.15, 0.2) is 0 Å². The molecule has 1 aliphatic rings. The quantitative estimate of drug-likeness (QED) is 0.737. The van der Waals surface area contributed by atoms with Crippen LogP contribution in [0.15, 0.2) is 11.6 Å². The first kappa shape index (κ1) is 13.7. The molecule has 2 N–H and O–H groups in total. The lowest BCUT2D eigenvalue weighted by molar-refractivity contribution is -0.148. The van der Waals surface area contributed by atoms with Crippen molar-refractivity contribution < 1.29 is 14.7 Å². The molecule has 1 fully saturated rings. The zero-order valence-electron chi connectivity index (χ0n) is 10.5. The summed E-state index contributed by atoms with van der Waals surface area (Å²) in [6.45, 7) is 4.42. The normalized spacial score (nSPS) is 23.9. The van der Waals surface area contributed by atoms with E-state index < -0.39 is 11.9 Å². The molecular weight excluding hydrogens is 218 g/mol. The fourth-order valence-electron chi connectivity index (χ4n) is 2.23. The van der Waals surface area contributed by atoms with Crippen molar-refractivity contribution >= 4 is 11.9 Å². The van der Waals surface area contributed by atoms with E-state index >= 15 is 0 Å². The lowest BCUT2D eigenvalue weighted by atomic mass is 9.79. The van der Waals surface area contributed by atoms with E-state index in [1.165, 1.54) is 0 Å². The van der Waals surface area contributed by atoms with Crippen molar-refractivity contribution in [2.45, 2.75) is 39.5 Å². The van der Waals surface area contributed by atoms with E-state index in [0.29, 0.717) is 19.4 Å². The zero-order valence-corrected chi connectivity index (χ0v) is 10.5. The first-order chi connectivity index (χ1) is 8.02. The number of allylic oxidation sites excluding steroid dienone is 1. The van der Waals surface area contributed by atoms with Gasteiger partial charge in [0.2, 0.25) is 5.91 Å². The molecule has 2 unspecified atom stereocenters. The van der Waals surface area contributed by atoms with Crippen LogP contribution in [0.25, 0.3) is 0 Å². The number of hydrogen-bond acceptors (Lipinski definition) is 2. The first-order valence-corrected chi connectivity index (χ1v) is 6.16. The highest BCUT2D eigenvalue weighted by molar-refractivity contribution is 5.84. The molecule has 17 heavy (non-hydrogen) atoms. The minimum atomic E-state index is -0.841. The maximum Gasteiger partial charge on any atom is 0.307 e. The van der Waals surface area contributed by atoms with Crippen molar-refractivity contribution in [1.29, 1.82) is 0 Å². The van der Waals surface area contributed by atoms with Gasteiger partial charge in [-0.3, -0.25) is 9.59 Å². The number of carbonyl (C=O) groups excluding carboxylic acids is 1. The number of rotatable bonds is 4. The van der Waals surface area contributed by atoms with Crippen molar-refractivity contribution in [3.05, 3.63) is 11.6 Å². The summed E-state index contributed by atoms with van der Waals surface area (Å²) in [5, 5.41) is 11.9. The van der Waals surface area contributed by atoms with E-state index in [1.54, 1.807) is 0 Å². The number of aliphatic carboxylic acids is 1. The van der Waals surface area contributed by atoms with Crippen LogP contribution < -0.4 is 5.32 Å². The molecule has 0 saturated heterocycles. The Morgan fingerprint density at radius 2 is 1.82 bits per heavy atom. The summed E-state index contributed by atoms with van der Waals surface area (Å²) in [6, 6.07) is 0. The van der Waals surface area contributed by atoms with Crippen LogP contribution in [0.2, 0.25) is 0 Å². The largest absolute Gasteiger partial charge is 0.481 e. The Morgan fingerprint density at radius 1 is 1.24 bits per heavy atom. The highest BCUT2D eigenvalue weighted by atomic mass is 16.4. The third-order valence-electron chi connectivity index (χ3n) is 3.21. The third kappa shape index (κ3) is 4.21. The van der Waals surface area contributed by atoms with Gasteiger partial charge in [-0.25, -0.2) is 0 Å². The van der Waals surface area contributed by atoms with Gasteiger partial charge in [0.1, 0.15) is 0 Å². The molecule has 0 aromatic heterocycles. The monoisotopic (exact) mass is 239 g/mol. The van der Waals surface area contributed by atoms with Gasteiger partial charge >= 0.3 is 5.97 Å². The molecule has 0 bridgehead atoms. The number of carboxylic acids is 1. The van der Waals surface area contributed by atoms with Crippen molar-refractivity contribution in [2.75, 3.05) is 6.54 Å². The second-order valence-corrected chi connectivity index (χ2v) is 4.86. The summed E-state index contributed by atoms with van der Waals surface area (Å²) in [4.78, 5) is 23.0. The number of nitrogens with one attached hydrogen (secondary N) is 1. The Balaban J connectivity index is 2.53. The summed E-state index contributed by atoms with van der Waals surface area (Å²) < 4.78 is 0. The molecule has 2 atom stereocenters. The molecule has 4 nitrogen and oxygen atoms in total. The number of carbonyl (C=O) groups is 2. The van der Waals surface area contributed by atoms with Gasteiger partial charge in [-0.2, -0.15) is 0 Å². The highest BCUT2D eigenvalue weighted by Gasteiger charge is 2.35. The molecule has 0 aromatic carbocycles. The topological polar surface area (TPSA) is 66.4 Å². The zero-order chi connectivity index (χ0) is 12.8. The van der Waals surface area contributed by atoms with Gasteiger partial charge in [0.05, 0.1) is 11.8 Å². The van der Waals surface area contributed by atoms with Crippen LogP contribution in [0.3, 0.4) is 0 Å². The molecule has 0 radical (unpaired) electrons. The number of hydrogen-bond donors (Lipinski definition) is 2. The molecule has 4 heteroatoms. The van der Waals surface area contributed by atoms with E-state index in [1.807, 2.05) is 19.9 Å². The van der Waals surface area contributed by atoms with Crippen LogP contribution >= 0.6 is 0 Å². The molecule has 1 aliphatic carbocycles. The van der Waals surface area contributed by atoms with Crippen LogP contribution in [0.5, 0.6) is 0 Å². The van der Waals surface area contributed by atoms with Crippen LogP contribution in [0.4, 0.5) is 0 Å². The Morgan fingerprint density at radius 3 is 2.35 bits per heavy atom. The molecule has 96 valence electrons. The minimum Gasteiger partial charge on any atom is -0.481 e. The van der Waals surface area contributed by atoms with E-state index in [9.17, 15) is 9.59 Å². The standard InChI is InChI=1S/C13H21NO3/c1-9(2)7-8-14-12(15)10-5-3-4-6-11(10)13(16)17/h7,10-11H,3-6,8H2,1-2H3,(H,14,15)(H,16,17). The predicted octanol–water partition coefficient (Wildman–Crippen LogP) is 1.96. The fourth-order valence-corrected chi connectivity index (χ4v) is 2.23. The Hall–Kier alpha value is -1.32. The lowest BCUT2D eigenvalue weighted by Crippen LogP contribution is -2.39. The molecule has 1 saturated carbocycles. The molecule has 0 heterocycles. The minimum absolute atomic E-state index is 0.116. The van der Waals surface area contributed by atoms with Gasteiger partial charge in [0.25, 0.3) is 0 Å². The van der Waals surface area contributed by atoms with Gasteiger partial charge < -0.3 is 10.4 Å². The van der Waals surface area contributed by atoms with Crippen molar-refractivity contribution in [1.82, 2.24) is 5.32 Å². The molecular formula is C13H21NO3. The molecule has 0 aliphatic heterocycles. The smallest absolute Gasteiger partial charge is 0.307 e. The average Bonchev–Trinajstić information content (AvgIpc) is 2.28. The van der Waals surface area contributed by atoms with Crippen LogP contribution in [0, 0.1) is 11.8 Å². The first-order valence-electron chi connectivity index (χ1n) is 6.16. The summed E-state index contributed by atoms with van der Waals surface area (Å²) in [7, 11) is 0. The Kier molecular flexibility index (Phi) is 5.19. The van der Waals surface area contributed by atoms with Gasteiger partial charge in [-0.15, -0.1) is 0 Å². The second-order valence-electron chi connectivity index (χ2n) is 4.86. The maximum atomic E-state index is 11.9. The summed E-state index contributed by atoms with van der Waals surface area (Å²) in [6.07, 6.45) is 5.10. The van der Waals surface area contributed by atoms with E-state index in [-0.39, 0.29) is 11.8 Å². The third-order valence-corrected chi connectivity index (χ3v) is 3.21. The van der Waals surface area contributed by atoms with Gasteiger partial charge in [-0.05, 0) is 26.7 Å². The van der Waals surface area contributed by atoms with Crippen LogP contribution in [-0.2, 0) is 9.59 Å². The summed E-state index contributed by atoms with van der Waals surface area (Å²) in [5.41, 5.74) is 1.14. The Bertz CT molecular complexity index is 319. The fraction of sp³-hybridized carbons (Fsp3) is 0.692. The van der Waals surface area contributed by atoms with Crippen LogP contribution in [-0.4, -0.2) is 23.5 Å². The van der Waals surface area contributed by atoms with Crippen LogP contribution in [0.1, 0.15) is 39.5 Å².